The van der Waals surface area contributed by atoms with Crippen LogP contribution in [-0.2, 0) is 27.3 Å². The van der Waals surface area contributed by atoms with Crippen molar-refractivity contribution in [2.75, 3.05) is 62.0 Å². The number of benzene rings is 2. The zero-order valence-corrected chi connectivity index (χ0v) is 29.8. The molecule has 0 spiro atoms. The Labute approximate surface area is 306 Å². The number of amides is 5. The van der Waals surface area contributed by atoms with Crippen LogP contribution in [0.5, 0.6) is 5.75 Å². The Hall–Kier alpha value is -5.77. The molecule has 1 unspecified atom stereocenters. The number of nitrogens with two attached hydrogens (primary N) is 1. The lowest BCUT2D eigenvalue weighted by Gasteiger charge is -2.37. The summed E-state index contributed by atoms with van der Waals surface area (Å²) in [6, 6.07) is 9.01. The summed E-state index contributed by atoms with van der Waals surface area (Å²) in [5, 5.41) is 11.9. The smallest absolute Gasteiger partial charge is 0.271 e. The number of piperidine rings is 1. The van der Waals surface area contributed by atoms with Gasteiger partial charge in [-0.05, 0) is 61.1 Å². The highest BCUT2D eigenvalue weighted by molar-refractivity contribution is 6.07. The fourth-order valence-corrected chi connectivity index (χ4v) is 7.49. The molecule has 1 aromatic heterocycles. The quantitative estimate of drug-likeness (QED) is 0.191. The highest BCUT2D eigenvalue weighted by Gasteiger charge is 2.37. The highest BCUT2D eigenvalue weighted by Crippen LogP contribution is 2.37. The maximum atomic E-state index is 14.1. The van der Waals surface area contributed by atoms with Crippen LogP contribution >= 0.6 is 0 Å². The molecule has 53 heavy (non-hydrogen) atoms. The summed E-state index contributed by atoms with van der Waals surface area (Å²) in [4.78, 5) is 77.1. The fourth-order valence-electron chi connectivity index (χ4n) is 7.49. The van der Waals surface area contributed by atoms with E-state index in [9.17, 15) is 24.0 Å². The normalized spacial score (nSPS) is 19.0. The third kappa shape index (κ3) is 7.18. The summed E-state index contributed by atoms with van der Waals surface area (Å²) < 4.78 is 11.3. The van der Waals surface area contributed by atoms with Crippen molar-refractivity contribution < 1.29 is 33.4 Å². The van der Waals surface area contributed by atoms with Crippen LogP contribution in [-0.4, -0.2) is 96.9 Å². The molecule has 4 aliphatic heterocycles. The van der Waals surface area contributed by atoms with Crippen LogP contribution in [0.2, 0.25) is 0 Å². The van der Waals surface area contributed by atoms with Gasteiger partial charge in [-0.2, -0.15) is 0 Å². The molecular weight excluding hydrogens is 682 g/mol. The summed E-state index contributed by atoms with van der Waals surface area (Å²) >= 11 is 0. The first kappa shape index (κ1) is 35.6. The molecule has 3 aromatic rings. The largest absolute Gasteiger partial charge is 0.495 e. The number of rotatable bonds is 10. The van der Waals surface area contributed by atoms with E-state index in [4.69, 9.17) is 20.2 Å². The van der Waals surface area contributed by atoms with Crippen molar-refractivity contribution in [2.24, 2.45) is 5.73 Å². The van der Waals surface area contributed by atoms with Crippen LogP contribution in [0.25, 0.3) is 0 Å². The molecule has 16 nitrogen and oxygen atoms in total. The van der Waals surface area contributed by atoms with Crippen LogP contribution in [0.1, 0.15) is 86.6 Å². The lowest BCUT2D eigenvalue weighted by Crippen LogP contribution is -2.49. The zero-order valence-electron chi connectivity index (χ0n) is 29.8. The van der Waals surface area contributed by atoms with Gasteiger partial charge in [-0.25, -0.2) is 9.97 Å². The average molecular weight is 726 g/mol. The van der Waals surface area contributed by atoms with Gasteiger partial charge in [-0.1, -0.05) is 6.92 Å². The molecule has 5 heterocycles. The Kier molecular flexibility index (Phi) is 10.1. The van der Waals surface area contributed by atoms with E-state index in [1.54, 1.807) is 24.1 Å². The van der Waals surface area contributed by atoms with Gasteiger partial charge in [0, 0.05) is 81.3 Å². The Morgan fingerprint density at radius 1 is 1.02 bits per heavy atom. The molecule has 6 N–H and O–H groups in total. The van der Waals surface area contributed by atoms with Crippen molar-refractivity contribution >= 4 is 52.5 Å². The van der Waals surface area contributed by atoms with Crippen molar-refractivity contribution in [1.82, 2.24) is 25.5 Å². The Morgan fingerprint density at radius 3 is 2.49 bits per heavy atom. The number of anilines is 4. The number of aryl methyl sites for hydroxylation is 1. The van der Waals surface area contributed by atoms with Crippen LogP contribution in [0.3, 0.4) is 0 Å². The van der Waals surface area contributed by atoms with Gasteiger partial charge in [0.25, 0.3) is 17.7 Å². The number of fused-ring (bicyclic) bond motifs is 1. The van der Waals surface area contributed by atoms with Crippen LogP contribution in [0.15, 0.2) is 30.3 Å². The van der Waals surface area contributed by atoms with Crippen molar-refractivity contribution in [3.05, 3.63) is 64.0 Å². The van der Waals surface area contributed by atoms with E-state index in [0.717, 1.165) is 18.5 Å². The van der Waals surface area contributed by atoms with Crippen LogP contribution in [0.4, 0.5) is 23.0 Å². The Balaban J connectivity index is 1.08. The minimum atomic E-state index is -0.712. The van der Waals surface area contributed by atoms with E-state index < -0.39 is 17.7 Å². The Bertz CT molecular complexity index is 1970. The number of methoxy groups -OCH3 is 1. The fraction of sp³-hybridized carbons (Fsp3) is 0.432. The molecule has 16 heteroatoms. The molecule has 1 atom stereocenters. The minimum absolute atomic E-state index is 0.0372. The van der Waals surface area contributed by atoms with Gasteiger partial charge in [0.05, 0.1) is 24.4 Å². The van der Waals surface area contributed by atoms with Gasteiger partial charge in [-0.3, -0.25) is 29.3 Å². The lowest BCUT2D eigenvalue weighted by molar-refractivity contribution is -0.134. The number of hydrogen-bond donors (Lipinski definition) is 5. The van der Waals surface area contributed by atoms with Gasteiger partial charge < -0.3 is 41.0 Å². The van der Waals surface area contributed by atoms with Gasteiger partial charge in [0.15, 0.2) is 17.3 Å². The molecule has 5 amide bonds. The lowest BCUT2D eigenvalue weighted by atomic mass is 9.82. The predicted octanol–water partition coefficient (Wildman–Crippen LogP) is 2.21. The van der Waals surface area contributed by atoms with Crippen molar-refractivity contribution in [3.63, 3.8) is 0 Å². The molecular formula is C37H43N9O7. The molecule has 2 aromatic carbocycles. The van der Waals surface area contributed by atoms with E-state index in [2.05, 4.69) is 31.2 Å². The van der Waals surface area contributed by atoms with Crippen molar-refractivity contribution in [3.8, 4) is 5.75 Å². The van der Waals surface area contributed by atoms with E-state index >= 15 is 0 Å². The molecule has 3 fully saturated rings. The molecule has 4 aliphatic rings. The first-order valence-electron chi connectivity index (χ1n) is 18.0. The van der Waals surface area contributed by atoms with E-state index in [0.29, 0.717) is 91.0 Å². The second kappa shape index (κ2) is 15.1. The first-order chi connectivity index (χ1) is 25.6. The van der Waals surface area contributed by atoms with Gasteiger partial charge >= 0.3 is 0 Å². The zero-order chi connectivity index (χ0) is 37.2. The average Bonchev–Trinajstić information content (AvgIpc) is 3.55. The molecule has 7 rings (SSSR count). The number of carbonyl (C=O) groups excluding carboxylic acids is 5. The summed E-state index contributed by atoms with van der Waals surface area (Å²) in [5.74, 6) is -1.30. The number of nitrogens with one attached hydrogen (secondary N) is 4. The molecule has 3 saturated heterocycles. The number of hydrogen-bond acceptors (Lipinski definition) is 12. The summed E-state index contributed by atoms with van der Waals surface area (Å²) in [5.41, 5.74) is 9.82. The molecule has 0 saturated carbocycles. The number of piperazine rings is 1. The number of imide groups is 1. The van der Waals surface area contributed by atoms with Crippen molar-refractivity contribution in [1.29, 1.82) is 0 Å². The molecule has 0 radical (unpaired) electrons. The van der Waals surface area contributed by atoms with E-state index in [1.807, 2.05) is 25.1 Å². The molecule has 278 valence electrons. The van der Waals surface area contributed by atoms with E-state index in [1.165, 1.54) is 0 Å². The summed E-state index contributed by atoms with van der Waals surface area (Å²) in [7, 11) is 1.58. The number of nitrogens with zero attached hydrogens (tertiary/aromatic N) is 4. The monoisotopic (exact) mass is 725 g/mol. The number of primary amides is 1. The highest BCUT2D eigenvalue weighted by atomic mass is 16.5. The van der Waals surface area contributed by atoms with Gasteiger partial charge in [0.1, 0.15) is 5.75 Å². The first-order valence-corrected chi connectivity index (χ1v) is 18.0. The van der Waals surface area contributed by atoms with Crippen LogP contribution in [0, 0.1) is 0 Å². The third-order valence-corrected chi connectivity index (χ3v) is 10.3. The Morgan fingerprint density at radius 2 is 1.79 bits per heavy atom. The van der Waals surface area contributed by atoms with Gasteiger partial charge in [0.2, 0.25) is 11.8 Å². The minimum Gasteiger partial charge on any atom is -0.495 e. The van der Waals surface area contributed by atoms with E-state index in [-0.39, 0.29) is 54.7 Å². The number of ether oxygens (including phenoxy) is 2. The topological polar surface area (TPSA) is 210 Å². The summed E-state index contributed by atoms with van der Waals surface area (Å²) in [6.45, 7) is 5.30. The SMILES string of the molecule is CCc1nc(C(N)=O)c(Nc2ccc(N3CCN(C(=O)c4ccc5c(c4C4CCC(=O)NC4=O)CNC5=O)CC3)c(OC)c2)nc1NC1CCOCC1. The molecule has 0 aliphatic carbocycles. The molecule has 0 bridgehead atoms. The third-order valence-electron chi connectivity index (χ3n) is 10.3. The maximum absolute atomic E-state index is 14.1. The van der Waals surface area contributed by atoms with Crippen molar-refractivity contribution in [2.45, 2.75) is 57.5 Å². The van der Waals surface area contributed by atoms with Crippen LogP contribution < -0.4 is 36.6 Å². The maximum Gasteiger partial charge on any atom is 0.271 e. The predicted molar refractivity (Wildman–Crippen MR) is 195 cm³/mol. The second-order valence-corrected chi connectivity index (χ2v) is 13.5. The number of carbonyl (C=O) groups is 5. The standard InChI is InChI=1S/C37H43N9O7/c1-3-26-33(40-20-10-16-53-17-11-20)44-34(31(42-26)32(38)48)41-21-4-8-27(28(18-21)52-2)45-12-14-46(15-13-45)37(51)24-6-5-22-25(19-39-35(22)49)30(24)23-7-9-29(47)43-36(23)50/h4-6,8,18,20,23H,3,7,9-17,19H2,1-2H3,(H2,38,48)(H,39,49)(H2,40,41,44)(H,43,47,50). The van der Waals surface area contributed by atoms with Gasteiger partial charge in [-0.15, -0.1) is 0 Å². The second-order valence-electron chi connectivity index (χ2n) is 13.5. The number of aromatic nitrogens is 2. The summed E-state index contributed by atoms with van der Waals surface area (Å²) in [6.07, 6.45) is 2.66.